The third-order valence-corrected chi connectivity index (χ3v) is 4.98. The molecule has 0 atom stereocenters. The highest BCUT2D eigenvalue weighted by Crippen LogP contribution is 2.19. The van der Waals surface area contributed by atoms with Crippen LogP contribution in [0.2, 0.25) is 0 Å². The van der Waals surface area contributed by atoms with Gasteiger partial charge in [-0.1, -0.05) is 12.1 Å². The number of methoxy groups -OCH3 is 1. The summed E-state index contributed by atoms with van der Waals surface area (Å²) in [6.45, 7) is 7.82. The highest BCUT2D eigenvalue weighted by Gasteiger charge is 2.15. The predicted molar refractivity (Wildman–Crippen MR) is 129 cm³/mol. The molecular formula is C22H38IN3O3. The number of nitrogens with one attached hydrogen (secondary N) is 1. The summed E-state index contributed by atoms with van der Waals surface area (Å²) in [6.07, 6.45) is 4.44. The quantitative estimate of drug-likeness (QED) is 0.208. The maximum Gasteiger partial charge on any atom is 0.193 e. The number of aliphatic imine (C=N–C) groups is 1. The van der Waals surface area contributed by atoms with Crippen molar-refractivity contribution in [2.75, 3.05) is 53.7 Å². The van der Waals surface area contributed by atoms with Gasteiger partial charge in [0.25, 0.3) is 0 Å². The molecule has 1 heterocycles. The third-order valence-electron chi connectivity index (χ3n) is 4.98. The van der Waals surface area contributed by atoms with Crippen LogP contribution in [0.3, 0.4) is 0 Å². The largest absolute Gasteiger partial charge is 0.493 e. The van der Waals surface area contributed by atoms with E-state index in [1.54, 1.807) is 7.11 Å². The lowest BCUT2D eigenvalue weighted by Gasteiger charge is -2.26. The topological polar surface area (TPSA) is 55.3 Å². The van der Waals surface area contributed by atoms with Crippen molar-refractivity contribution >= 4 is 29.9 Å². The number of rotatable bonds is 11. The van der Waals surface area contributed by atoms with E-state index in [1.807, 2.05) is 12.1 Å². The van der Waals surface area contributed by atoms with Crippen molar-refractivity contribution in [3.63, 3.8) is 0 Å². The number of hydrogen-bond acceptors (Lipinski definition) is 4. The Bertz CT molecular complexity index is 580. The minimum Gasteiger partial charge on any atom is -0.493 e. The molecule has 0 spiro atoms. The fraction of sp³-hybridized carbons (Fsp3) is 0.682. The van der Waals surface area contributed by atoms with E-state index in [0.29, 0.717) is 13.2 Å². The van der Waals surface area contributed by atoms with Gasteiger partial charge in [0.2, 0.25) is 0 Å². The van der Waals surface area contributed by atoms with Gasteiger partial charge in [0, 0.05) is 53.5 Å². The molecule has 2 rings (SSSR count). The number of nitrogens with zero attached hydrogens (tertiary/aromatic N) is 2. The normalized spacial score (nSPS) is 14.9. The van der Waals surface area contributed by atoms with Crippen LogP contribution in [0.25, 0.3) is 0 Å². The number of benzene rings is 1. The Kier molecular flexibility index (Phi) is 14.1. The summed E-state index contributed by atoms with van der Waals surface area (Å²) in [5, 5.41) is 3.41. The average Bonchev–Trinajstić information content (AvgIpc) is 2.73. The van der Waals surface area contributed by atoms with E-state index in [0.717, 1.165) is 62.5 Å². The number of halogens is 1. The van der Waals surface area contributed by atoms with Crippen molar-refractivity contribution in [3.8, 4) is 5.75 Å². The van der Waals surface area contributed by atoms with Gasteiger partial charge < -0.3 is 24.4 Å². The van der Waals surface area contributed by atoms with Crippen LogP contribution >= 0.6 is 24.0 Å². The standard InChI is InChI=1S/C22H37N3O3.HI/c1-4-23-22(25(2)12-9-19-10-15-27-16-11-19)24-18-20-7-5-8-21(17-20)28-14-6-13-26-3;/h5,7-8,17,19H,4,6,9-16,18H2,1-3H3,(H,23,24);1H. The maximum atomic E-state index is 5.79. The molecule has 1 N–H and O–H groups in total. The Morgan fingerprint density at radius 3 is 2.79 bits per heavy atom. The first-order chi connectivity index (χ1) is 13.7. The molecule has 0 saturated carbocycles. The molecule has 0 bridgehead atoms. The first kappa shape index (κ1) is 26.0. The van der Waals surface area contributed by atoms with Crippen LogP contribution in [0.1, 0.15) is 38.2 Å². The van der Waals surface area contributed by atoms with Crippen LogP contribution in [-0.2, 0) is 16.0 Å². The van der Waals surface area contributed by atoms with Gasteiger partial charge in [0.1, 0.15) is 5.75 Å². The Labute approximate surface area is 193 Å². The van der Waals surface area contributed by atoms with Gasteiger partial charge in [-0.15, -0.1) is 24.0 Å². The monoisotopic (exact) mass is 519 g/mol. The van der Waals surface area contributed by atoms with E-state index in [4.69, 9.17) is 19.2 Å². The Morgan fingerprint density at radius 2 is 2.07 bits per heavy atom. The van der Waals surface area contributed by atoms with Crippen LogP contribution in [0.4, 0.5) is 0 Å². The number of ether oxygens (including phenoxy) is 3. The molecule has 1 aromatic carbocycles. The smallest absolute Gasteiger partial charge is 0.193 e. The minimum absolute atomic E-state index is 0. The van der Waals surface area contributed by atoms with Gasteiger partial charge in [0.15, 0.2) is 5.96 Å². The van der Waals surface area contributed by atoms with Gasteiger partial charge in [0.05, 0.1) is 13.2 Å². The molecule has 1 saturated heterocycles. The molecule has 0 amide bonds. The lowest BCUT2D eigenvalue weighted by Crippen LogP contribution is -2.40. The lowest BCUT2D eigenvalue weighted by atomic mass is 9.96. The fourth-order valence-electron chi connectivity index (χ4n) is 3.28. The number of guanidine groups is 1. The fourth-order valence-corrected chi connectivity index (χ4v) is 3.28. The van der Waals surface area contributed by atoms with Crippen LogP contribution in [0.15, 0.2) is 29.3 Å². The molecule has 166 valence electrons. The van der Waals surface area contributed by atoms with Crippen molar-refractivity contribution in [2.24, 2.45) is 10.9 Å². The molecule has 0 unspecified atom stereocenters. The predicted octanol–water partition coefficient (Wildman–Crippen LogP) is 3.93. The van der Waals surface area contributed by atoms with E-state index in [-0.39, 0.29) is 24.0 Å². The van der Waals surface area contributed by atoms with E-state index in [9.17, 15) is 0 Å². The van der Waals surface area contributed by atoms with Gasteiger partial charge in [-0.25, -0.2) is 4.99 Å². The van der Waals surface area contributed by atoms with Crippen molar-refractivity contribution < 1.29 is 14.2 Å². The van der Waals surface area contributed by atoms with E-state index < -0.39 is 0 Å². The molecule has 29 heavy (non-hydrogen) atoms. The van der Waals surface area contributed by atoms with Crippen LogP contribution in [0.5, 0.6) is 5.75 Å². The Hall–Kier alpha value is -1.06. The molecule has 6 nitrogen and oxygen atoms in total. The molecule has 0 aromatic heterocycles. The average molecular weight is 519 g/mol. The van der Waals surface area contributed by atoms with Gasteiger partial charge >= 0.3 is 0 Å². The zero-order valence-corrected chi connectivity index (χ0v) is 20.5. The lowest BCUT2D eigenvalue weighted by molar-refractivity contribution is 0.0625. The summed E-state index contributed by atoms with van der Waals surface area (Å²) >= 11 is 0. The molecule has 7 heteroatoms. The summed E-state index contributed by atoms with van der Waals surface area (Å²) in [7, 11) is 3.83. The molecule has 0 aliphatic carbocycles. The zero-order valence-electron chi connectivity index (χ0n) is 18.2. The summed E-state index contributed by atoms with van der Waals surface area (Å²) in [5.41, 5.74) is 1.15. The molecule has 1 fully saturated rings. The molecule has 0 radical (unpaired) electrons. The molecule has 1 aliphatic heterocycles. The SMILES string of the molecule is CCNC(=NCc1cccc(OCCCOC)c1)N(C)CCC1CCOCC1.I. The molecule has 1 aromatic rings. The summed E-state index contributed by atoms with van der Waals surface area (Å²) in [5.74, 6) is 2.62. The number of hydrogen-bond donors (Lipinski definition) is 1. The van der Waals surface area contributed by atoms with Gasteiger partial charge in [-0.3, -0.25) is 0 Å². The first-order valence-corrected chi connectivity index (χ1v) is 10.5. The Balaban J connectivity index is 0.00000420. The Morgan fingerprint density at radius 1 is 1.28 bits per heavy atom. The highest BCUT2D eigenvalue weighted by atomic mass is 127. The van der Waals surface area contributed by atoms with Crippen molar-refractivity contribution in [3.05, 3.63) is 29.8 Å². The highest BCUT2D eigenvalue weighted by molar-refractivity contribution is 14.0. The van der Waals surface area contributed by atoms with Gasteiger partial charge in [-0.2, -0.15) is 0 Å². The van der Waals surface area contributed by atoms with Crippen LogP contribution in [-0.4, -0.2) is 64.5 Å². The van der Waals surface area contributed by atoms with Crippen molar-refractivity contribution in [2.45, 2.75) is 39.2 Å². The summed E-state index contributed by atoms with van der Waals surface area (Å²) in [4.78, 5) is 7.07. The summed E-state index contributed by atoms with van der Waals surface area (Å²) < 4.78 is 16.3. The van der Waals surface area contributed by atoms with Crippen LogP contribution in [0, 0.1) is 5.92 Å². The van der Waals surface area contributed by atoms with Crippen molar-refractivity contribution in [1.82, 2.24) is 10.2 Å². The summed E-state index contributed by atoms with van der Waals surface area (Å²) in [6, 6.07) is 8.18. The van der Waals surface area contributed by atoms with Crippen LogP contribution < -0.4 is 10.1 Å². The third kappa shape index (κ3) is 10.5. The maximum absolute atomic E-state index is 5.79. The van der Waals surface area contributed by atoms with E-state index in [1.165, 1.54) is 19.3 Å². The van der Waals surface area contributed by atoms with E-state index in [2.05, 4.69) is 36.3 Å². The molecule has 1 aliphatic rings. The first-order valence-electron chi connectivity index (χ1n) is 10.5. The second-order valence-corrected chi connectivity index (χ2v) is 7.28. The minimum atomic E-state index is 0. The zero-order chi connectivity index (χ0) is 20.0. The second kappa shape index (κ2) is 15.7. The van der Waals surface area contributed by atoms with Crippen molar-refractivity contribution in [1.29, 1.82) is 0 Å². The van der Waals surface area contributed by atoms with Gasteiger partial charge in [-0.05, 0) is 49.8 Å². The second-order valence-electron chi connectivity index (χ2n) is 7.28. The molecular weight excluding hydrogens is 481 g/mol. The van der Waals surface area contributed by atoms with E-state index >= 15 is 0 Å².